The Bertz CT molecular complexity index is 467. The van der Waals surface area contributed by atoms with Crippen molar-refractivity contribution in [3.8, 4) is 0 Å². The third-order valence-corrected chi connectivity index (χ3v) is 3.70. The molecule has 0 radical (unpaired) electrons. The Kier molecular flexibility index (Phi) is 4.39. The normalized spacial score (nSPS) is 17.6. The zero-order chi connectivity index (χ0) is 14.9. The van der Waals surface area contributed by atoms with Gasteiger partial charge >= 0.3 is 6.18 Å². The van der Waals surface area contributed by atoms with Gasteiger partial charge in [-0.05, 0) is 37.8 Å². The van der Waals surface area contributed by atoms with E-state index in [4.69, 9.17) is 5.73 Å². The molecule has 0 amide bonds. The fourth-order valence-electron chi connectivity index (χ4n) is 2.61. The maximum absolute atomic E-state index is 12.6. The predicted molar refractivity (Wildman–Crippen MR) is 73.5 cm³/mol. The van der Waals surface area contributed by atoms with Crippen LogP contribution >= 0.6 is 0 Å². The molecule has 2 nitrogen and oxygen atoms in total. The number of alkyl halides is 3. The van der Waals surface area contributed by atoms with Gasteiger partial charge in [0.25, 0.3) is 0 Å². The number of nitrogens with two attached hydrogens (primary N) is 1. The molecule has 2 N–H and O–H groups in total. The minimum absolute atomic E-state index is 0.0495. The summed E-state index contributed by atoms with van der Waals surface area (Å²) >= 11 is 0. The summed E-state index contributed by atoms with van der Waals surface area (Å²) in [6, 6.07) is 5.56. The lowest BCUT2D eigenvalue weighted by atomic mass is 9.99. The van der Waals surface area contributed by atoms with Gasteiger partial charge < -0.3 is 5.73 Å². The average Bonchev–Trinajstić information content (AvgIpc) is 3.09. The fourth-order valence-corrected chi connectivity index (χ4v) is 2.61. The van der Waals surface area contributed by atoms with Crippen LogP contribution in [0.15, 0.2) is 18.2 Å². The van der Waals surface area contributed by atoms with E-state index in [1.165, 1.54) is 4.90 Å². The molecule has 1 atom stereocenters. The summed E-state index contributed by atoms with van der Waals surface area (Å²) in [5.41, 5.74) is 9.23. The highest BCUT2D eigenvalue weighted by molar-refractivity contribution is 5.32. The molecule has 1 saturated carbocycles. The lowest BCUT2D eigenvalue weighted by Crippen LogP contribution is -2.40. The zero-order valence-electron chi connectivity index (χ0n) is 11.9. The molecule has 2 rings (SSSR count). The lowest BCUT2D eigenvalue weighted by molar-refractivity contribution is -0.147. The molecule has 1 fully saturated rings. The first-order valence-electron chi connectivity index (χ1n) is 6.90. The molecule has 5 heteroatoms. The Morgan fingerprint density at radius 2 is 1.95 bits per heavy atom. The van der Waals surface area contributed by atoms with E-state index < -0.39 is 12.7 Å². The van der Waals surface area contributed by atoms with Crippen LogP contribution in [-0.2, 0) is 0 Å². The molecule has 0 bridgehead atoms. The van der Waals surface area contributed by atoms with Gasteiger partial charge in [-0.3, -0.25) is 4.90 Å². The van der Waals surface area contributed by atoms with E-state index in [-0.39, 0.29) is 18.6 Å². The SMILES string of the molecule is Cc1ccc(C(N)CN(CC(F)(F)F)C2CC2)c(C)c1. The van der Waals surface area contributed by atoms with Crippen molar-refractivity contribution in [2.45, 2.75) is 44.9 Å². The van der Waals surface area contributed by atoms with Crippen molar-refractivity contribution < 1.29 is 13.2 Å². The summed E-state index contributed by atoms with van der Waals surface area (Å²) in [6.45, 7) is 3.33. The van der Waals surface area contributed by atoms with Gasteiger partial charge in [-0.15, -0.1) is 0 Å². The van der Waals surface area contributed by atoms with Gasteiger partial charge in [-0.25, -0.2) is 0 Å². The summed E-state index contributed by atoms with van der Waals surface area (Å²) < 4.78 is 37.8. The molecule has 1 aliphatic carbocycles. The second-order valence-corrected chi connectivity index (χ2v) is 5.74. The largest absolute Gasteiger partial charge is 0.401 e. The number of nitrogens with zero attached hydrogens (tertiary/aromatic N) is 1. The first-order chi connectivity index (χ1) is 9.26. The lowest BCUT2D eigenvalue weighted by Gasteiger charge is -2.27. The van der Waals surface area contributed by atoms with E-state index in [0.29, 0.717) is 0 Å². The van der Waals surface area contributed by atoms with Crippen molar-refractivity contribution in [1.82, 2.24) is 4.90 Å². The topological polar surface area (TPSA) is 29.3 Å². The highest BCUT2D eigenvalue weighted by Crippen LogP contribution is 2.31. The predicted octanol–water partition coefficient (Wildman–Crippen LogP) is 3.33. The van der Waals surface area contributed by atoms with E-state index >= 15 is 0 Å². The summed E-state index contributed by atoms with van der Waals surface area (Å²) in [5.74, 6) is 0. The summed E-state index contributed by atoms with van der Waals surface area (Å²) in [7, 11) is 0. The van der Waals surface area contributed by atoms with Crippen LogP contribution in [0.4, 0.5) is 13.2 Å². The fraction of sp³-hybridized carbons (Fsp3) is 0.600. The van der Waals surface area contributed by atoms with E-state index in [2.05, 4.69) is 0 Å². The van der Waals surface area contributed by atoms with Gasteiger partial charge in [0.2, 0.25) is 0 Å². The van der Waals surface area contributed by atoms with Gasteiger partial charge in [0.05, 0.1) is 6.54 Å². The van der Waals surface area contributed by atoms with Crippen LogP contribution in [0.1, 0.15) is 35.6 Å². The molecule has 0 heterocycles. The van der Waals surface area contributed by atoms with Gasteiger partial charge in [-0.2, -0.15) is 13.2 Å². The Morgan fingerprint density at radius 1 is 1.30 bits per heavy atom. The third kappa shape index (κ3) is 4.21. The van der Waals surface area contributed by atoms with Crippen molar-refractivity contribution in [2.24, 2.45) is 5.73 Å². The number of rotatable bonds is 5. The monoisotopic (exact) mass is 286 g/mol. The zero-order valence-corrected chi connectivity index (χ0v) is 11.9. The van der Waals surface area contributed by atoms with Crippen LogP contribution in [0.2, 0.25) is 0 Å². The molecule has 1 aromatic rings. The number of halogens is 3. The molecule has 0 saturated heterocycles. The third-order valence-electron chi connectivity index (χ3n) is 3.70. The Morgan fingerprint density at radius 3 is 2.45 bits per heavy atom. The van der Waals surface area contributed by atoms with Gasteiger partial charge in [-0.1, -0.05) is 23.8 Å². The highest BCUT2D eigenvalue weighted by atomic mass is 19.4. The molecule has 1 aromatic carbocycles. The average molecular weight is 286 g/mol. The second kappa shape index (κ2) is 5.74. The Balaban J connectivity index is 2.06. The van der Waals surface area contributed by atoms with Gasteiger partial charge in [0.15, 0.2) is 0 Å². The molecule has 1 aliphatic rings. The number of hydrogen-bond donors (Lipinski definition) is 1. The first kappa shape index (κ1) is 15.3. The van der Waals surface area contributed by atoms with Crippen LogP contribution in [0, 0.1) is 13.8 Å². The molecule has 0 aromatic heterocycles. The van der Waals surface area contributed by atoms with E-state index in [1.54, 1.807) is 0 Å². The van der Waals surface area contributed by atoms with Gasteiger partial charge in [0.1, 0.15) is 0 Å². The van der Waals surface area contributed by atoms with E-state index in [0.717, 1.165) is 29.5 Å². The quantitative estimate of drug-likeness (QED) is 0.899. The van der Waals surface area contributed by atoms with Crippen LogP contribution in [0.3, 0.4) is 0 Å². The van der Waals surface area contributed by atoms with Gasteiger partial charge in [0, 0.05) is 18.6 Å². The Hall–Kier alpha value is -1.07. The molecule has 1 unspecified atom stereocenters. The Labute approximate surface area is 117 Å². The maximum Gasteiger partial charge on any atom is 0.401 e. The minimum atomic E-state index is -4.16. The summed E-state index contributed by atoms with van der Waals surface area (Å²) in [5, 5.41) is 0. The highest BCUT2D eigenvalue weighted by Gasteiger charge is 2.38. The summed E-state index contributed by atoms with van der Waals surface area (Å²) in [6.07, 6.45) is -2.48. The number of hydrogen-bond acceptors (Lipinski definition) is 2. The maximum atomic E-state index is 12.6. The number of benzene rings is 1. The summed E-state index contributed by atoms with van der Waals surface area (Å²) in [4.78, 5) is 1.48. The molecular weight excluding hydrogens is 265 g/mol. The molecule has 0 spiro atoms. The van der Waals surface area contributed by atoms with Crippen LogP contribution in [0.5, 0.6) is 0 Å². The molecule has 20 heavy (non-hydrogen) atoms. The van der Waals surface area contributed by atoms with Crippen molar-refractivity contribution in [2.75, 3.05) is 13.1 Å². The molecule has 0 aliphatic heterocycles. The van der Waals surface area contributed by atoms with Crippen LogP contribution < -0.4 is 5.73 Å². The number of aryl methyl sites for hydroxylation is 2. The molecule has 112 valence electrons. The minimum Gasteiger partial charge on any atom is -0.323 e. The first-order valence-corrected chi connectivity index (χ1v) is 6.90. The van der Waals surface area contributed by atoms with Crippen molar-refractivity contribution in [1.29, 1.82) is 0 Å². The van der Waals surface area contributed by atoms with Crippen LogP contribution in [0.25, 0.3) is 0 Å². The van der Waals surface area contributed by atoms with E-state index in [9.17, 15) is 13.2 Å². The standard InChI is InChI=1S/C15H21F3N2/c1-10-3-6-13(11(2)7-10)14(19)8-20(12-4-5-12)9-15(16,17)18/h3,6-7,12,14H,4-5,8-9,19H2,1-2H3. The van der Waals surface area contributed by atoms with Crippen molar-refractivity contribution in [3.05, 3.63) is 34.9 Å². The molecular formula is C15H21F3N2. The van der Waals surface area contributed by atoms with Crippen LogP contribution in [-0.4, -0.2) is 30.2 Å². The van der Waals surface area contributed by atoms with E-state index in [1.807, 2.05) is 32.0 Å². The van der Waals surface area contributed by atoms with Crippen molar-refractivity contribution in [3.63, 3.8) is 0 Å². The van der Waals surface area contributed by atoms with Crippen molar-refractivity contribution >= 4 is 0 Å². The smallest absolute Gasteiger partial charge is 0.323 e. The second-order valence-electron chi connectivity index (χ2n) is 5.74.